The van der Waals surface area contributed by atoms with Crippen LogP contribution in [0.15, 0.2) is 122 Å². The van der Waals surface area contributed by atoms with Crippen LogP contribution in [0.25, 0.3) is 0 Å². The maximum Gasteiger partial charge on any atom is 0.306 e. The largest absolute Gasteiger partial charge is 0.462 e. The van der Waals surface area contributed by atoms with E-state index in [-0.39, 0.29) is 37.5 Å². The van der Waals surface area contributed by atoms with Crippen LogP contribution >= 0.6 is 0 Å². The summed E-state index contributed by atoms with van der Waals surface area (Å²) in [5.41, 5.74) is 0. The lowest BCUT2D eigenvalue weighted by atomic mass is 10.0. The second-order valence-electron chi connectivity index (χ2n) is 22.3. The molecule has 0 fully saturated rings. The van der Waals surface area contributed by atoms with E-state index in [0.29, 0.717) is 19.3 Å². The van der Waals surface area contributed by atoms with Gasteiger partial charge < -0.3 is 14.2 Å². The van der Waals surface area contributed by atoms with Gasteiger partial charge in [-0.1, -0.05) is 296 Å². The Morgan fingerprint density at radius 1 is 0.259 bits per heavy atom. The van der Waals surface area contributed by atoms with Crippen LogP contribution in [0.4, 0.5) is 0 Å². The molecule has 0 aromatic carbocycles. The molecule has 0 aromatic rings. The summed E-state index contributed by atoms with van der Waals surface area (Å²) in [6, 6.07) is 0. The first-order chi connectivity index (χ1) is 40.0. The van der Waals surface area contributed by atoms with Gasteiger partial charge in [0.2, 0.25) is 0 Å². The van der Waals surface area contributed by atoms with Crippen molar-refractivity contribution in [3.05, 3.63) is 122 Å². The normalized spacial score (nSPS) is 12.9. The molecule has 0 aliphatic carbocycles. The smallest absolute Gasteiger partial charge is 0.306 e. The highest BCUT2D eigenvalue weighted by Crippen LogP contribution is 2.16. The number of allylic oxidation sites excluding steroid dienone is 20. The Morgan fingerprint density at radius 3 is 0.840 bits per heavy atom. The first kappa shape index (κ1) is 76.8. The zero-order valence-corrected chi connectivity index (χ0v) is 53.0. The van der Waals surface area contributed by atoms with Crippen molar-refractivity contribution in [2.75, 3.05) is 13.2 Å². The lowest BCUT2D eigenvalue weighted by Gasteiger charge is -2.18. The van der Waals surface area contributed by atoms with Crippen molar-refractivity contribution in [3.8, 4) is 0 Å². The molecule has 0 bridgehead atoms. The van der Waals surface area contributed by atoms with Gasteiger partial charge in [-0.05, 0) is 122 Å². The average Bonchev–Trinajstić information content (AvgIpc) is 3.46. The third-order valence-electron chi connectivity index (χ3n) is 14.4. The van der Waals surface area contributed by atoms with Crippen molar-refractivity contribution < 1.29 is 28.6 Å². The van der Waals surface area contributed by atoms with Gasteiger partial charge in [0.1, 0.15) is 13.2 Å². The van der Waals surface area contributed by atoms with Crippen molar-refractivity contribution in [1.29, 1.82) is 0 Å². The van der Waals surface area contributed by atoms with E-state index < -0.39 is 6.10 Å². The SMILES string of the molecule is CC/C=C\C/C=C\C/C=C\C/C=C\C/C=C\CCCC(=O)OC(COC(=O)CCCCCCC/C=C\C/C=C\CCC)COC(=O)CCCCCCCCCCCCCCCCCCCC/C=C\C/C=C\C/C=C\CCCCCCC. The summed E-state index contributed by atoms with van der Waals surface area (Å²) >= 11 is 0. The molecule has 0 aromatic heterocycles. The molecule has 0 rings (SSSR count). The van der Waals surface area contributed by atoms with Crippen LogP contribution in [0.3, 0.4) is 0 Å². The highest BCUT2D eigenvalue weighted by molar-refractivity contribution is 5.71. The fourth-order valence-electron chi connectivity index (χ4n) is 9.35. The van der Waals surface area contributed by atoms with Gasteiger partial charge in [0.25, 0.3) is 0 Å². The maximum absolute atomic E-state index is 12.9. The Kier molecular flexibility index (Phi) is 64.8. The van der Waals surface area contributed by atoms with Gasteiger partial charge in [0, 0.05) is 19.3 Å². The van der Waals surface area contributed by atoms with Gasteiger partial charge >= 0.3 is 17.9 Å². The first-order valence-electron chi connectivity index (χ1n) is 34.0. The van der Waals surface area contributed by atoms with Gasteiger partial charge in [-0.15, -0.1) is 0 Å². The Morgan fingerprint density at radius 2 is 0.519 bits per heavy atom. The van der Waals surface area contributed by atoms with Crippen LogP contribution in [0.1, 0.15) is 316 Å². The summed E-state index contributed by atoms with van der Waals surface area (Å²) in [5, 5.41) is 0. The molecule has 6 heteroatoms. The van der Waals surface area contributed by atoms with Crippen molar-refractivity contribution in [1.82, 2.24) is 0 Å². The number of ether oxygens (including phenoxy) is 3. The van der Waals surface area contributed by atoms with Crippen LogP contribution in [0.2, 0.25) is 0 Å². The summed E-state index contributed by atoms with van der Waals surface area (Å²) in [6.45, 7) is 6.41. The van der Waals surface area contributed by atoms with Crippen molar-refractivity contribution in [2.45, 2.75) is 322 Å². The molecule has 0 radical (unpaired) electrons. The lowest BCUT2D eigenvalue weighted by molar-refractivity contribution is -0.167. The van der Waals surface area contributed by atoms with E-state index in [1.54, 1.807) is 0 Å². The van der Waals surface area contributed by atoms with E-state index in [9.17, 15) is 14.4 Å². The monoisotopic (exact) mass is 1120 g/mol. The van der Waals surface area contributed by atoms with Crippen molar-refractivity contribution in [2.24, 2.45) is 0 Å². The van der Waals surface area contributed by atoms with Crippen LogP contribution in [-0.2, 0) is 28.6 Å². The summed E-state index contributed by atoms with van der Waals surface area (Å²) < 4.78 is 16.9. The lowest BCUT2D eigenvalue weighted by Crippen LogP contribution is -2.30. The van der Waals surface area contributed by atoms with Gasteiger partial charge in [0.15, 0.2) is 6.10 Å². The molecule has 0 amide bonds. The third kappa shape index (κ3) is 66.5. The molecule has 462 valence electrons. The Bertz CT molecular complexity index is 1670. The number of rotatable bonds is 61. The van der Waals surface area contributed by atoms with Gasteiger partial charge in [-0.3, -0.25) is 14.4 Å². The minimum atomic E-state index is -0.816. The van der Waals surface area contributed by atoms with E-state index >= 15 is 0 Å². The minimum absolute atomic E-state index is 0.106. The molecule has 0 saturated heterocycles. The fourth-order valence-corrected chi connectivity index (χ4v) is 9.35. The number of hydrogen-bond acceptors (Lipinski definition) is 6. The van der Waals surface area contributed by atoms with Crippen LogP contribution in [0.5, 0.6) is 0 Å². The number of carbonyl (C=O) groups excluding carboxylic acids is 3. The third-order valence-corrected chi connectivity index (χ3v) is 14.4. The topological polar surface area (TPSA) is 78.9 Å². The molecule has 0 spiro atoms. The summed E-state index contributed by atoms with van der Waals surface area (Å²) in [7, 11) is 0. The molecule has 6 nitrogen and oxygen atoms in total. The molecule has 81 heavy (non-hydrogen) atoms. The minimum Gasteiger partial charge on any atom is -0.462 e. The molecular formula is C75H126O6. The van der Waals surface area contributed by atoms with E-state index in [1.165, 1.54) is 148 Å². The first-order valence-corrected chi connectivity index (χ1v) is 34.0. The molecule has 0 N–H and O–H groups in total. The zero-order chi connectivity index (χ0) is 58.5. The number of carbonyl (C=O) groups is 3. The highest BCUT2D eigenvalue weighted by atomic mass is 16.6. The highest BCUT2D eigenvalue weighted by Gasteiger charge is 2.19. The van der Waals surface area contributed by atoms with Crippen LogP contribution < -0.4 is 0 Å². The van der Waals surface area contributed by atoms with Crippen LogP contribution in [0, 0.1) is 0 Å². The quantitative estimate of drug-likeness (QED) is 0.0261. The molecule has 0 aliphatic heterocycles. The van der Waals surface area contributed by atoms with Gasteiger partial charge in [0.05, 0.1) is 0 Å². The molecule has 0 saturated carbocycles. The second-order valence-corrected chi connectivity index (χ2v) is 22.3. The van der Waals surface area contributed by atoms with E-state index in [4.69, 9.17) is 14.2 Å². The standard InChI is InChI=1S/C75H126O6/c1-4-7-10-13-16-19-22-25-27-29-30-31-32-33-34-35-36-37-38-39-40-41-42-43-44-46-47-50-53-56-59-62-65-68-74(77)80-71-72(70-79-73(76)67-64-61-58-55-52-49-24-21-18-15-12-9-6-3)81-75(78)69-66-63-60-57-54-51-48-45-28-26-23-20-17-14-11-8-5-2/h8,11-12,15,17,20-22,24-26,28-30,32-33,48,51,57,60,72H,4-7,9-10,13-14,16,18-19,23,27,31,34-47,49-50,52-56,58-59,61-71H2,1-3H3/b11-8-,15-12-,20-17-,24-21-,25-22-,28-26-,30-29-,33-32-,51-48-,60-57-. The molecule has 1 atom stereocenters. The van der Waals surface area contributed by atoms with Crippen LogP contribution in [-0.4, -0.2) is 37.2 Å². The predicted molar refractivity (Wildman–Crippen MR) is 353 cm³/mol. The average molecular weight is 1120 g/mol. The van der Waals surface area contributed by atoms with Crippen molar-refractivity contribution in [3.63, 3.8) is 0 Å². The Hall–Kier alpha value is -4.19. The molecule has 1 unspecified atom stereocenters. The summed E-state index contributed by atoms with van der Waals surface area (Å²) in [5.74, 6) is -0.973. The Balaban J connectivity index is 4.23. The van der Waals surface area contributed by atoms with Gasteiger partial charge in [-0.25, -0.2) is 0 Å². The van der Waals surface area contributed by atoms with E-state index in [1.807, 2.05) is 0 Å². The maximum atomic E-state index is 12.9. The molecular weight excluding hydrogens is 997 g/mol. The van der Waals surface area contributed by atoms with E-state index in [2.05, 4.69) is 142 Å². The number of unbranched alkanes of at least 4 members (excludes halogenated alkanes) is 30. The summed E-state index contributed by atoms with van der Waals surface area (Å²) in [6.07, 6.45) is 95.3. The van der Waals surface area contributed by atoms with Gasteiger partial charge in [-0.2, -0.15) is 0 Å². The second kappa shape index (κ2) is 68.3. The predicted octanol–water partition coefficient (Wildman–Crippen LogP) is 23.6. The number of hydrogen-bond donors (Lipinski definition) is 0. The summed E-state index contributed by atoms with van der Waals surface area (Å²) in [4.78, 5) is 38.3. The fraction of sp³-hybridized carbons (Fsp3) is 0.693. The van der Waals surface area contributed by atoms with E-state index in [0.717, 1.165) is 122 Å². The Labute approximate surface area is 501 Å². The number of esters is 3. The molecule has 0 aliphatic rings. The molecule has 0 heterocycles. The zero-order valence-electron chi connectivity index (χ0n) is 53.0. The van der Waals surface area contributed by atoms with Crippen molar-refractivity contribution >= 4 is 17.9 Å².